The predicted molar refractivity (Wildman–Crippen MR) is 113 cm³/mol. The lowest BCUT2D eigenvalue weighted by Gasteiger charge is -2.37. The van der Waals surface area contributed by atoms with E-state index in [9.17, 15) is 0 Å². The molecule has 0 amide bonds. The highest BCUT2D eigenvalue weighted by Gasteiger charge is 2.21. The van der Waals surface area contributed by atoms with Gasteiger partial charge in [-0.1, -0.05) is 0 Å². The number of nitrogens with zero attached hydrogens (tertiary/aromatic N) is 3. The number of nitrogens with one attached hydrogen (secondary N) is 1. The van der Waals surface area contributed by atoms with Crippen molar-refractivity contribution in [2.75, 3.05) is 50.8 Å². The molecular weight excluding hydrogens is 435 g/mol. The third-order valence-corrected chi connectivity index (χ3v) is 5.38. The summed E-state index contributed by atoms with van der Waals surface area (Å²) in [4.78, 5) is 9.69. The Kier molecular flexibility index (Phi) is 8.61. The fraction of sp³-hybridized carbons (Fsp3) is 0.706. The summed E-state index contributed by atoms with van der Waals surface area (Å²) in [7, 11) is 0. The van der Waals surface area contributed by atoms with Gasteiger partial charge in [-0.3, -0.25) is 4.99 Å². The average molecular weight is 464 g/mol. The molecule has 0 bridgehead atoms. The van der Waals surface area contributed by atoms with E-state index in [0.717, 1.165) is 58.3 Å². The minimum Gasteiger partial charge on any atom is -0.376 e. The summed E-state index contributed by atoms with van der Waals surface area (Å²) in [6.45, 7) is 8.90. The molecule has 24 heavy (non-hydrogen) atoms. The number of thiophene rings is 1. The number of guanidine groups is 1. The van der Waals surface area contributed by atoms with Crippen molar-refractivity contribution in [2.24, 2.45) is 4.99 Å². The highest BCUT2D eigenvalue weighted by Crippen LogP contribution is 2.22. The minimum absolute atomic E-state index is 0. The molecule has 2 aliphatic rings. The van der Waals surface area contributed by atoms with Crippen molar-refractivity contribution >= 4 is 46.3 Å². The van der Waals surface area contributed by atoms with Gasteiger partial charge in [-0.2, -0.15) is 0 Å². The first-order valence-electron chi connectivity index (χ1n) is 8.80. The third kappa shape index (κ3) is 5.49. The first kappa shape index (κ1) is 19.8. The van der Waals surface area contributed by atoms with E-state index in [-0.39, 0.29) is 24.0 Å². The second-order valence-corrected chi connectivity index (χ2v) is 7.03. The van der Waals surface area contributed by atoms with Crippen LogP contribution in [0.25, 0.3) is 0 Å². The molecule has 1 atom stereocenters. The van der Waals surface area contributed by atoms with Crippen LogP contribution in [0.1, 0.15) is 26.2 Å². The molecule has 0 radical (unpaired) electrons. The van der Waals surface area contributed by atoms with E-state index in [1.165, 1.54) is 17.8 Å². The summed E-state index contributed by atoms with van der Waals surface area (Å²) in [6, 6.07) is 4.34. The first-order valence-corrected chi connectivity index (χ1v) is 9.68. The molecule has 0 aliphatic carbocycles. The molecule has 0 saturated carbocycles. The maximum atomic E-state index is 5.80. The highest BCUT2D eigenvalue weighted by atomic mass is 127. The Hall–Kier alpha value is -0.540. The van der Waals surface area contributed by atoms with Crippen molar-refractivity contribution in [3.05, 3.63) is 17.5 Å². The van der Waals surface area contributed by atoms with Gasteiger partial charge in [0.2, 0.25) is 0 Å². The van der Waals surface area contributed by atoms with Crippen LogP contribution in [0.3, 0.4) is 0 Å². The second-order valence-electron chi connectivity index (χ2n) is 6.11. The summed E-state index contributed by atoms with van der Waals surface area (Å²) in [6.07, 6.45) is 3.93. The smallest absolute Gasteiger partial charge is 0.194 e. The molecule has 2 fully saturated rings. The van der Waals surface area contributed by atoms with Crippen LogP contribution in [-0.2, 0) is 4.74 Å². The van der Waals surface area contributed by atoms with Crippen LogP contribution >= 0.6 is 35.3 Å². The number of anilines is 1. The molecule has 1 aromatic rings. The molecule has 0 aromatic carbocycles. The van der Waals surface area contributed by atoms with Crippen LogP contribution in [-0.4, -0.2) is 62.8 Å². The number of rotatable bonds is 4. The van der Waals surface area contributed by atoms with E-state index < -0.39 is 0 Å². The van der Waals surface area contributed by atoms with Gasteiger partial charge in [0, 0.05) is 39.3 Å². The summed E-state index contributed by atoms with van der Waals surface area (Å²) in [5.74, 6) is 1.05. The van der Waals surface area contributed by atoms with Gasteiger partial charge in [-0.15, -0.1) is 35.3 Å². The number of halogens is 1. The fourth-order valence-corrected chi connectivity index (χ4v) is 3.94. The maximum Gasteiger partial charge on any atom is 0.194 e. The van der Waals surface area contributed by atoms with Crippen LogP contribution in [0.5, 0.6) is 0 Å². The summed E-state index contributed by atoms with van der Waals surface area (Å²) < 4.78 is 5.80. The maximum absolute atomic E-state index is 5.80. The van der Waals surface area contributed by atoms with Gasteiger partial charge in [0.25, 0.3) is 0 Å². The van der Waals surface area contributed by atoms with Gasteiger partial charge in [-0.25, -0.2) is 0 Å². The van der Waals surface area contributed by atoms with Crippen LogP contribution in [0, 0.1) is 0 Å². The summed E-state index contributed by atoms with van der Waals surface area (Å²) >= 11 is 1.82. The number of aliphatic imine (C=N–C) groups is 1. The third-order valence-electron chi connectivity index (χ3n) is 4.45. The lowest BCUT2D eigenvalue weighted by molar-refractivity contribution is 0.0223. The monoisotopic (exact) mass is 464 g/mol. The van der Waals surface area contributed by atoms with Crippen molar-refractivity contribution in [1.29, 1.82) is 0 Å². The molecule has 1 aromatic heterocycles. The Balaban J connectivity index is 0.00000208. The van der Waals surface area contributed by atoms with Gasteiger partial charge < -0.3 is 19.9 Å². The standard InChI is InChI=1S/C17H28N4OS.HI/c1-2-18-17(19-14-15-6-3-4-12-22-15)21-10-8-20(9-11-21)16-7-5-13-23-16;/h5,7,13,15H,2-4,6,8-12,14H2,1H3,(H,18,19);1H. The quantitative estimate of drug-likeness (QED) is 0.423. The second kappa shape index (κ2) is 10.5. The van der Waals surface area contributed by atoms with Crippen molar-refractivity contribution in [2.45, 2.75) is 32.3 Å². The first-order chi connectivity index (χ1) is 11.4. The molecule has 136 valence electrons. The van der Waals surface area contributed by atoms with Crippen LogP contribution in [0.4, 0.5) is 5.00 Å². The molecule has 1 unspecified atom stereocenters. The molecule has 1 N–H and O–H groups in total. The van der Waals surface area contributed by atoms with E-state index >= 15 is 0 Å². The van der Waals surface area contributed by atoms with E-state index in [4.69, 9.17) is 9.73 Å². The van der Waals surface area contributed by atoms with E-state index in [0.29, 0.717) is 6.10 Å². The molecule has 2 saturated heterocycles. The Labute approximate surface area is 166 Å². The Morgan fingerprint density at radius 2 is 2.17 bits per heavy atom. The van der Waals surface area contributed by atoms with Gasteiger partial charge in [-0.05, 0) is 43.7 Å². The molecule has 7 heteroatoms. The molecule has 2 aliphatic heterocycles. The number of hydrogen-bond donors (Lipinski definition) is 1. The largest absolute Gasteiger partial charge is 0.376 e. The zero-order valence-electron chi connectivity index (χ0n) is 14.4. The van der Waals surface area contributed by atoms with Gasteiger partial charge >= 0.3 is 0 Å². The van der Waals surface area contributed by atoms with E-state index in [1.54, 1.807) is 0 Å². The Morgan fingerprint density at radius 1 is 1.33 bits per heavy atom. The van der Waals surface area contributed by atoms with E-state index in [2.05, 4.69) is 39.6 Å². The Morgan fingerprint density at radius 3 is 2.79 bits per heavy atom. The number of piperazine rings is 1. The Bertz CT molecular complexity index is 483. The number of ether oxygens (including phenoxy) is 1. The van der Waals surface area contributed by atoms with Gasteiger partial charge in [0.05, 0.1) is 17.6 Å². The van der Waals surface area contributed by atoms with Crippen LogP contribution in [0.15, 0.2) is 22.5 Å². The lowest BCUT2D eigenvalue weighted by atomic mass is 10.1. The van der Waals surface area contributed by atoms with Crippen molar-refractivity contribution < 1.29 is 4.74 Å². The van der Waals surface area contributed by atoms with Crippen molar-refractivity contribution in [1.82, 2.24) is 10.2 Å². The zero-order chi connectivity index (χ0) is 15.9. The predicted octanol–water partition coefficient (Wildman–Crippen LogP) is 3.02. The SMILES string of the molecule is CCNC(=NCC1CCCCO1)N1CCN(c2cccs2)CC1.I. The minimum atomic E-state index is 0. The van der Waals surface area contributed by atoms with E-state index in [1.807, 2.05) is 11.3 Å². The summed E-state index contributed by atoms with van der Waals surface area (Å²) in [5, 5.41) is 6.97. The molecule has 5 nitrogen and oxygen atoms in total. The lowest BCUT2D eigenvalue weighted by Crippen LogP contribution is -2.52. The van der Waals surface area contributed by atoms with Gasteiger partial charge in [0.1, 0.15) is 0 Å². The average Bonchev–Trinajstić information content (AvgIpc) is 3.14. The topological polar surface area (TPSA) is 40.1 Å². The van der Waals surface area contributed by atoms with Crippen molar-refractivity contribution in [3.8, 4) is 0 Å². The molecular formula is C17H29IN4OS. The number of hydrogen-bond acceptors (Lipinski definition) is 4. The van der Waals surface area contributed by atoms with Gasteiger partial charge in [0.15, 0.2) is 5.96 Å². The molecule has 3 heterocycles. The normalized spacial score (nSPS) is 22.2. The van der Waals surface area contributed by atoms with Crippen molar-refractivity contribution in [3.63, 3.8) is 0 Å². The van der Waals surface area contributed by atoms with Crippen LogP contribution in [0.2, 0.25) is 0 Å². The highest BCUT2D eigenvalue weighted by molar-refractivity contribution is 14.0. The van der Waals surface area contributed by atoms with Crippen LogP contribution < -0.4 is 10.2 Å². The fourth-order valence-electron chi connectivity index (χ4n) is 3.15. The molecule has 3 rings (SSSR count). The zero-order valence-corrected chi connectivity index (χ0v) is 17.6. The molecule has 0 spiro atoms. The summed E-state index contributed by atoms with van der Waals surface area (Å²) in [5.41, 5.74) is 0.